The lowest BCUT2D eigenvalue weighted by Crippen LogP contribution is -2.23. The number of aliphatic hydroxyl groups excluding tert-OH is 1. The van der Waals surface area contributed by atoms with Crippen LogP contribution in [-0.2, 0) is 19.6 Å². The molecule has 8 heteroatoms. The standard InChI is InChI=1S/C22H19NO6S/c1-13-8-10-15(11-9-13)30(27,28)23-19-12-18(20(14(2)24)22(26)29-3)21(25)17-7-5-4-6-16(17)19/h4-12,24H,1-3H3/b20-14+,23-19+. The Morgan fingerprint density at radius 2 is 1.63 bits per heavy atom. The number of rotatable bonds is 4. The van der Waals surface area contributed by atoms with E-state index in [1.54, 1.807) is 30.3 Å². The Morgan fingerprint density at radius 1 is 1.03 bits per heavy atom. The number of benzene rings is 2. The van der Waals surface area contributed by atoms with Crippen LogP contribution in [0, 0.1) is 6.92 Å². The molecule has 2 aromatic carbocycles. The number of esters is 1. The van der Waals surface area contributed by atoms with Gasteiger partial charge in [0.15, 0.2) is 5.78 Å². The van der Waals surface area contributed by atoms with Gasteiger partial charge in [-0.1, -0.05) is 42.0 Å². The molecule has 2 aromatic rings. The highest BCUT2D eigenvalue weighted by Gasteiger charge is 2.32. The Labute approximate surface area is 174 Å². The number of carbonyl (C=O) groups excluding carboxylic acids is 2. The first-order valence-electron chi connectivity index (χ1n) is 8.91. The molecule has 7 nitrogen and oxygen atoms in total. The van der Waals surface area contributed by atoms with Crippen LogP contribution < -0.4 is 0 Å². The zero-order valence-electron chi connectivity index (χ0n) is 16.5. The Morgan fingerprint density at radius 3 is 2.20 bits per heavy atom. The number of aryl methyl sites for hydroxylation is 1. The normalized spacial score (nSPS) is 15.9. The highest BCUT2D eigenvalue weighted by Crippen LogP contribution is 2.29. The Hall–Kier alpha value is -3.52. The maximum absolute atomic E-state index is 13.0. The first-order chi connectivity index (χ1) is 14.2. The van der Waals surface area contributed by atoms with E-state index in [9.17, 15) is 23.1 Å². The van der Waals surface area contributed by atoms with Crippen molar-refractivity contribution in [2.45, 2.75) is 18.7 Å². The quantitative estimate of drug-likeness (QED) is 0.457. The van der Waals surface area contributed by atoms with Crippen LogP contribution >= 0.6 is 0 Å². The minimum absolute atomic E-state index is 0.00740. The van der Waals surface area contributed by atoms with Gasteiger partial charge in [0.25, 0.3) is 10.0 Å². The smallest absolute Gasteiger partial charge is 0.342 e. The van der Waals surface area contributed by atoms with Gasteiger partial charge in [-0.15, -0.1) is 0 Å². The van der Waals surface area contributed by atoms with Crippen molar-refractivity contribution >= 4 is 27.5 Å². The molecule has 0 unspecified atom stereocenters. The summed E-state index contributed by atoms with van der Waals surface area (Å²) in [5, 5.41) is 9.98. The van der Waals surface area contributed by atoms with Gasteiger partial charge in [0.1, 0.15) is 11.3 Å². The van der Waals surface area contributed by atoms with Crippen molar-refractivity contribution in [2.24, 2.45) is 4.40 Å². The minimum Gasteiger partial charge on any atom is -0.512 e. The predicted octanol–water partition coefficient (Wildman–Crippen LogP) is 3.30. The van der Waals surface area contributed by atoms with Crippen molar-refractivity contribution in [3.63, 3.8) is 0 Å². The third kappa shape index (κ3) is 3.95. The van der Waals surface area contributed by atoms with E-state index in [0.717, 1.165) is 12.7 Å². The molecular formula is C22H19NO6S. The second-order valence-electron chi connectivity index (χ2n) is 6.65. The molecule has 0 aliphatic heterocycles. The molecule has 0 saturated heterocycles. The largest absolute Gasteiger partial charge is 0.512 e. The van der Waals surface area contributed by atoms with E-state index in [1.165, 1.54) is 31.2 Å². The predicted molar refractivity (Wildman–Crippen MR) is 111 cm³/mol. The van der Waals surface area contributed by atoms with E-state index < -0.39 is 27.5 Å². The maximum atomic E-state index is 13.0. The number of methoxy groups -OCH3 is 1. The number of allylic oxidation sites excluding steroid dienone is 2. The summed E-state index contributed by atoms with van der Waals surface area (Å²) in [6.07, 6.45) is 1.18. The van der Waals surface area contributed by atoms with Gasteiger partial charge in [-0.25, -0.2) is 4.79 Å². The second kappa shape index (κ2) is 8.08. The van der Waals surface area contributed by atoms with E-state index >= 15 is 0 Å². The molecule has 1 aliphatic rings. The van der Waals surface area contributed by atoms with Gasteiger partial charge in [0, 0.05) is 16.7 Å². The second-order valence-corrected chi connectivity index (χ2v) is 8.25. The van der Waals surface area contributed by atoms with Crippen LogP contribution in [0.3, 0.4) is 0 Å². The number of fused-ring (bicyclic) bond motifs is 1. The maximum Gasteiger partial charge on any atom is 0.342 e. The van der Waals surface area contributed by atoms with Crippen molar-refractivity contribution in [1.82, 2.24) is 0 Å². The summed E-state index contributed by atoms with van der Waals surface area (Å²) in [6.45, 7) is 3.07. The first kappa shape index (κ1) is 21.2. The lowest BCUT2D eigenvalue weighted by atomic mass is 9.85. The third-order valence-corrected chi connectivity index (χ3v) is 5.84. The summed E-state index contributed by atoms with van der Waals surface area (Å²) in [7, 11) is -2.98. The third-order valence-electron chi connectivity index (χ3n) is 4.53. The molecule has 1 N–H and O–H groups in total. The molecule has 0 saturated carbocycles. The van der Waals surface area contributed by atoms with E-state index in [-0.39, 0.29) is 27.3 Å². The molecule has 154 valence electrons. The number of Topliss-reactive ketones (excluding diaryl/α,β-unsaturated/α-hetero) is 1. The number of carbonyl (C=O) groups is 2. The molecule has 1 aliphatic carbocycles. The van der Waals surface area contributed by atoms with Crippen LogP contribution in [0.4, 0.5) is 0 Å². The van der Waals surface area contributed by atoms with Gasteiger partial charge in [-0.2, -0.15) is 12.8 Å². The van der Waals surface area contributed by atoms with Gasteiger partial charge >= 0.3 is 5.97 Å². The van der Waals surface area contributed by atoms with E-state index in [2.05, 4.69) is 9.13 Å². The van der Waals surface area contributed by atoms with Crippen molar-refractivity contribution < 1.29 is 27.9 Å². The van der Waals surface area contributed by atoms with Crippen LogP contribution in [-0.4, -0.2) is 38.1 Å². The van der Waals surface area contributed by atoms with Crippen LogP contribution in [0.15, 0.2) is 80.8 Å². The van der Waals surface area contributed by atoms with Crippen molar-refractivity contribution in [1.29, 1.82) is 0 Å². The van der Waals surface area contributed by atoms with Gasteiger partial charge in [-0.3, -0.25) is 4.79 Å². The number of ether oxygens (including phenoxy) is 1. The zero-order valence-corrected chi connectivity index (χ0v) is 17.4. The van der Waals surface area contributed by atoms with Crippen LogP contribution in [0.25, 0.3) is 0 Å². The molecule has 0 heterocycles. The van der Waals surface area contributed by atoms with Crippen molar-refractivity contribution in [2.75, 3.05) is 7.11 Å². The Bertz CT molecular complexity index is 1230. The first-order valence-corrected chi connectivity index (χ1v) is 10.4. The fourth-order valence-corrected chi connectivity index (χ4v) is 4.03. The molecule has 0 spiro atoms. The van der Waals surface area contributed by atoms with Crippen LogP contribution in [0.5, 0.6) is 0 Å². The summed E-state index contributed by atoms with van der Waals surface area (Å²) >= 11 is 0. The summed E-state index contributed by atoms with van der Waals surface area (Å²) in [6, 6.07) is 12.5. The molecule has 0 atom stereocenters. The zero-order chi connectivity index (χ0) is 22.1. The number of aliphatic hydroxyl groups is 1. The van der Waals surface area contributed by atoms with Crippen LogP contribution in [0.1, 0.15) is 28.4 Å². The molecule has 0 bridgehead atoms. The summed E-state index contributed by atoms with van der Waals surface area (Å²) in [4.78, 5) is 25.1. The van der Waals surface area contributed by atoms with Gasteiger partial charge in [0.05, 0.1) is 17.7 Å². The summed E-state index contributed by atoms with van der Waals surface area (Å²) in [5.41, 5.74) is 0.792. The monoisotopic (exact) mass is 425 g/mol. The van der Waals surface area contributed by atoms with Gasteiger partial charge in [0.2, 0.25) is 0 Å². The van der Waals surface area contributed by atoms with Gasteiger partial charge in [-0.05, 0) is 32.1 Å². The number of sulfonamides is 1. The summed E-state index contributed by atoms with van der Waals surface area (Å²) < 4.78 is 34.3. The lowest BCUT2D eigenvalue weighted by molar-refractivity contribution is -0.136. The highest BCUT2D eigenvalue weighted by molar-refractivity contribution is 7.90. The van der Waals surface area contributed by atoms with E-state index in [1.807, 2.05) is 6.92 Å². The highest BCUT2D eigenvalue weighted by atomic mass is 32.2. The fourth-order valence-electron chi connectivity index (χ4n) is 3.04. The minimum atomic E-state index is -4.09. The van der Waals surface area contributed by atoms with E-state index in [0.29, 0.717) is 5.56 Å². The Balaban J connectivity index is 2.25. The molecule has 3 rings (SSSR count). The topological polar surface area (TPSA) is 110 Å². The number of hydrogen-bond donors (Lipinski definition) is 1. The molecule has 0 amide bonds. The molecular weight excluding hydrogens is 406 g/mol. The number of hydrogen-bond acceptors (Lipinski definition) is 6. The fraction of sp³-hybridized carbons (Fsp3) is 0.136. The SMILES string of the molecule is COC(=O)/C(C1=C/C(=N\S(=O)(=O)c2ccc(C)cc2)c2ccccc2C1=O)=C(\C)O. The average molecular weight is 425 g/mol. The lowest BCUT2D eigenvalue weighted by Gasteiger charge is -2.19. The van der Waals surface area contributed by atoms with Crippen molar-refractivity contribution in [3.8, 4) is 0 Å². The number of ketones is 1. The van der Waals surface area contributed by atoms with Crippen molar-refractivity contribution in [3.05, 3.63) is 88.2 Å². The van der Waals surface area contributed by atoms with E-state index in [4.69, 9.17) is 0 Å². The van der Waals surface area contributed by atoms with Crippen LogP contribution in [0.2, 0.25) is 0 Å². The molecule has 0 aromatic heterocycles. The summed E-state index contributed by atoms with van der Waals surface area (Å²) in [5.74, 6) is -1.90. The van der Waals surface area contributed by atoms with Gasteiger partial charge < -0.3 is 9.84 Å². The number of nitrogens with zero attached hydrogens (tertiary/aromatic N) is 1. The Kier molecular flexibility index (Phi) is 5.71. The molecule has 30 heavy (non-hydrogen) atoms. The molecule has 0 radical (unpaired) electrons. The molecule has 0 fully saturated rings. The average Bonchev–Trinajstić information content (AvgIpc) is 2.71.